The molecule has 1 aliphatic heterocycles. The van der Waals surface area contributed by atoms with Crippen molar-refractivity contribution in [3.05, 3.63) is 35.6 Å². The number of carbonyl (C=O) groups is 2. The lowest BCUT2D eigenvalue weighted by Gasteiger charge is -2.34. The van der Waals surface area contributed by atoms with Crippen LogP contribution in [0.4, 0.5) is 4.39 Å². The molecule has 0 saturated carbocycles. The van der Waals surface area contributed by atoms with Gasteiger partial charge in [-0.2, -0.15) is 11.8 Å². The van der Waals surface area contributed by atoms with Gasteiger partial charge in [0.15, 0.2) is 0 Å². The van der Waals surface area contributed by atoms with E-state index >= 15 is 0 Å². The van der Waals surface area contributed by atoms with Crippen LogP contribution in [-0.4, -0.2) is 46.0 Å². The molecule has 1 amide bonds. The highest BCUT2D eigenvalue weighted by Crippen LogP contribution is 2.20. The van der Waals surface area contributed by atoms with E-state index in [0.29, 0.717) is 12.3 Å². The molecule has 1 aromatic rings. The number of carboxylic acid groups (broad SMARTS) is 1. The Morgan fingerprint density at radius 2 is 2.05 bits per heavy atom. The Kier molecular flexibility index (Phi) is 5.00. The number of rotatable bonds is 4. The number of halogens is 1. The molecule has 2 rings (SSSR count). The number of hydrogen-bond donors (Lipinski definition) is 1. The van der Waals surface area contributed by atoms with Crippen molar-refractivity contribution in [3.63, 3.8) is 0 Å². The summed E-state index contributed by atoms with van der Waals surface area (Å²) in [5, 5.41) is 8.90. The Labute approximate surface area is 121 Å². The van der Waals surface area contributed by atoms with Crippen molar-refractivity contribution in [2.24, 2.45) is 0 Å². The first-order chi connectivity index (χ1) is 9.56. The average molecular weight is 297 g/mol. The van der Waals surface area contributed by atoms with E-state index < -0.39 is 5.97 Å². The van der Waals surface area contributed by atoms with Crippen molar-refractivity contribution in [1.29, 1.82) is 0 Å². The van der Waals surface area contributed by atoms with Gasteiger partial charge in [-0.1, -0.05) is 12.1 Å². The quantitative estimate of drug-likeness (QED) is 0.920. The Morgan fingerprint density at radius 3 is 2.70 bits per heavy atom. The minimum absolute atomic E-state index is 0.0256. The zero-order valence-electron chi connectivity index (χ0n) is 10.9. The summed E-state index contributed by atoms with van der Waals surface area (Å²) < 4.78 is 12.8. The zero-order chi connectivity index (χ0) is 14.5. The van der Waals surface area contributed by atoms with E-state index in [4.69, 9.17) is 5.11 Å². The van der Waals surface area contributed by atoms with Crippen molar-refractivity contribution in [1.82, 2.24) is 4.90 Å². The van der Waals surface area contributed by atoms with Crippen molar-refractivity contribution in [2.45, 2.75) is 18.9 Å². The predicted molar refractivity (Wildman–Crippen MR) is 75.2 cm³/mol. The summed E-state index contributed by atoms with van der Waals surface area (Å²) in [7, 11) is 0. The third-order valence-electron chi connectivity index (χ3n) is 3.23. The number of aliphatic carboxylic acids is 1. The number of amides is 1. The molecule has 6 heteroatoms. The summed E-state index contributed by atoms with van der Waals surface area (Å²) in [4.78, 5) is 24.8. The molecule has 0 bridgehead atoms. The SMILES string of the molecule is O=C(O)CC1CSCCN1C(=O)Cc1ccc(F)cc1. The summed E-state index contributed by atoms with van der Waals surface area (Å²) in [6.07, 6.45) is 0.156. The van der Waals surface area contributed by atoms with E-state index in [-0.39, 0.29) is 30.6 Å². The minimum atomic E-state index is -0.892. The van der Waals surface area contributed by atoms with Crippen LogP contribution in [-0.2, 0) is 16.0 Å². The molecule has 20 heavy (non-hydrogen) atoms. The van der Waals surface area contributed by atoms with E-state index in [2.05, 4.69) is 0 Å². The van der Waals surface area contributed by atoms with Crippen molar-refractivity contribution in [3.8, 4) is 0 Å². The van der Waals surface area contributed by atoms with Gasteiger partial charge in [0.1, 0.15) is 5.82 Å². The Hall–Kier alpha value is -1.56. The molecule has 1 fully saturated rings. The first kappa shape index (κ1) is 14.8. The van der Waals surface area contributed by atoms with E-state index in [9.17, 15) is 14.0 Å². The van der Waals surface area contributed by atoms with Crippen LogP contribution in [0.15, 0.2) is 24.3 Å². The summed E-state index contributed by atoms with van der Waals surface area (Å²) in [5.41, 5.74) is 0.740. The fourth-order valence-electron chi connectivity index (χ4n) is 2.23. The van der Waals surface area contributed by atoms with Gasteiger partial charge in [-0.25, -0.2) is 4.39 Å². The van der Waals surface area contributed by atoms with Crippen molar-refractivity contribution >= 4 is 23.6 Å². The molecule has 4 nitrogen and oxygen atoms in total. The molecule has 1 heterocycles. The van der Waals surface area contributed by atoms with Gasteiger partial charge in [0, 0.05) is 18.1 Å². The predicted octanol–water partition coefficient (Wildman–Crippen LogP) is 1.79. The maximum atomic E-state index is 12.8. The van der Waals surface area contributed by atoms with Crippen LogP contribution < -0.4 is 0 Å². The Bertz CT molecular complexity index is 492. The fourth-order valence-corrected chi connectivity index (χ4v) is 3.29. The summed E-state index contributed by atoms with van der Waals surface area (Å²) in [6.45, 7) is 0.572. The molecular weight excluding hydrogens is 281 g/mol. The molecule has 108 valence electrons. The Morgan fingerprint density at radius 1 is 1.35 bits per heavy atom. The Balaban J connectivity index is 2.01. The maximum absolute atomic E-state index is 12.8. The van der Waals surface area contributed by atoms with Gasteiger partial charge in [-0.05, 0) is 17.7 Å². The van der Waals surface area contributed by atoms with Crippen LogP contribution in [0.2, 0.25) is 0 Å². The number of hydrogen-bond acceptors (Lipinski definition) is 3. The molecule has 1 atom stereocenters. The van der Waals surface area contributed by atoms with Gasteiger partial charge >= 0.3 is 5.97 Å². The van der Waals surface area contributed by atoms with E-state index in [1.54, 1.807) is 28.8 Å². The number of carboxylic acids is 1. The monoisotopic (exact) mass is 297 g/mol. The molecule has 1 unspecified atom stereocenters. The zero-order valence-corrected chi connectivity index (χ0v) is 11.7. The molecule has 0 aliphatic carbocycles. The number of thioether (sulfide) groups is 1. The van der Waals surface area contributed by atoms with E-state index in [1.807, 2.05) is 0 Å². The number of benzene rings is 1. The lowest BCUT2D eigenvalue weighted by molar-refractivity contribution is -0.140. The molecular formula is C14H16FNO3S. The first-order valence-electron chi connectivity index (χ1n) is 6.39. The third-order valence-corrected chi connectivity index (χ3v) is 4.32. The standard InChI is InChI=1S/C14H16FNO3S/c15-11-3-1-10(2-4-11)7-13(17)16-5-6-20-9-12(16)8-14(18)19/h1-4,12H,5-9H2,(H,18,19). The second kappa shape index (κ2) is 6.74. The van der Waals surface area contributed by atoms with Gasteiger partial charge in [0.2, 0.25) is 5.91 Å². The van der Waals surface area contributed by atoms with Crippen LogP contribution >= 0.6 is 11.8 Å². The van der Waals surface area contributed by atoms with E-state index in [1.165, 1.54) is 12.1 Å². The van der Waals surface area contributed by atoms with Gasteiger partial charge in [-0.3, -0.25) is 9.59 Å². The molecule has 1 saturated heterocycles. The maximum Gasteiger partial charge on any atom is 0.305 e. The molecule has 0 radical (unpaired) electrons. The smallest absolute Gasteiger partial charge is 0.305 e. The largest absolute Gasteiger partial charge is 0.481 e. The minimum Gasteiger partial charge on any atom is -0.481 e. The first-order valence-corrected chi connectivity index (χ1v) is 7.55. The highest BCUT2D eigenvalue weighted by Gasteiger charge is 2.28. The third kappa shape index (κ3) is 3.96. The van der Waals surface area contributed by atoms with Crippen LogP contribution in [0.1, 0.15) is 12.0 Å². The molecule has 0 spiro atoms. The van der Waals surface area contributed by atoms with Crippen LogP contribution in [0.5, 0.6) is 0 Å². The molecule has 1 aromatic carbocycles. The lowest BCUT2D eigenvalue weighted by Crippen LogP contribution is -2.47. The van der Waals surface area contributed by atoms with Gasteiger partial charge in [0.05, 0.1) is 18.9 Å². The van der Waals surface area contributed by atoms with Gasteiger partial charge in [0.25, 0.3) is 0 Å². The van der Waals surface area contributed by atoms with Gasteiger partial charge in [-0.15, -0.1) is 0 Å². The summed E-state index contributed by atoms with van der Waals surface area (Å²) in [6, 6.07) is 5.56. The summed E-state index contributed by atoms with van der Waals surface area (Å²) >= 11 is 1.67. The topological polar surface area (TPSA) is 57.6 Å². The molecule has 1 N–H and O–H groups in total. The van der Waals surface area contributed by atoms with E-state index in [0.717, 1.165) is 11.3 Å². The second-order valence-electron chi connectivity index (χ2n) is 4.72. The lowest BCUT2D eigenvalue weighted by atomic mass is 10.1. The van der Waals surface area contributed by atoms with Gasteiger partial charge < -0.3 is 10.0 Å². The van der Waals surface area contributed by atoms with Crippen molar-refractivity contribution in [2.75, 3.05) is 18.1 Å². The molecule has 1 aliphatic rings. The van der Waals surface area contributed by atoms with Crippen molar-refractivity contribution < 1.29 is 19.1 Å². The second-order valence-corrected chi connectivity index (χ2v) is 5.87. The fraction of sp³-hybridized carbons (Fsp3) is 0.429. The normalized spacial score (nSPS) is 18.9. The highest BCUT2D eigenvalue weighted by molar-refractivity contribution is 7.99. The average Bonchev–Trinajstić information content (AvgIpc) is 2.41. The number of carbonyl (C=O) groups excluding carboxylic acids is 1. The number of nitrogens with zero attached hydrogens (tertiary/aromatic N) is 1. The molecule has 0 aromatic heterocycles. The summed E-state index contributed by atoms with van der Waals surface area (Å²) in [5.74, 6) is 0.159. The van der Waals surface area contributed by atoms with Crippen LogP contribution in [0.25, 0.3) is 0 Å². The van der Waals surface area contributed by atoms with Crippen LogP contribution in [0, 0.1) is 5.82 Å². The highest BCUT2D eigenvalue weighted by atomic mass is 32.2. The van der Waals surface area contributed by atoms with Crippen LogP contribution in [0.3, 0.4) is 0 Å².